The van der Waals surface area contributed by atoms with Crippen LogP contribution in [0.1, 0.15) is 40.3 Å². The third-order valence-electron chi connectivity index (χ3n) is 6.44. The second-order valence-corrected chi connectivity index (χ2v) is 9.22. The monoisotopic (exact) mass is 544 g/mol. The molecular formula is C29H25FN4O4S. The number of para-hydroxylation sites is 1. The van der Waals surface area contributed by atoms with Gasteiger partial charge in [-0.1, -0.05) is 36.4 Å². The number of furan rings is 1. The summed E-state index contributed by atoms with van der Waals surface area (Å²) in [4.78, 5) is 31.4. The molecule has 2 unspecified atom stereocenters. The van der Waals surface area contributed by atoms with E-state index in [1.807, 2.05) is 35.2 Å². The number of esters is 1. The van der Waals surface area contributed by atoms with E-state index in [9.17, 15) is 14.0 Å². The van der Waals surface area contributed by atoms with Gasteiger partial charge in [-0.05, 0) is 54.7 Å². The van der Waals surface area contributed by atoms with Crippen LogP contribution in [0.3, 0.4) is 0 Å². The van der Waals surface area contributed by atoms with Crippen molar-refractivity contribution in [2.24, 2.45) is 0 Å². The number of nitrogens with zero attached hydrogens (tertiary/aromatic N) is 2. The zero-order valence-corrected chi connectivity index (χ0v) is 21.8. The number of hydrogen-bond donors (Lipinski definition) is 2. The van der Waals surface area contributed by atoms with Gasteiger partial charge in [-0.15, -0.1) is 0 Å². The highest BCUT2D eigenvalue weighted by molar-refractivity contribution is 7.80. The molecule has 1 fully saturated rings. The number of hydrogen-bond acceptors (Lipinski definition) is 6. The Kier molecular flexibility index (Phi) is 7.64. The molecule has 2 aromatic carbocycles. The van der Waals surface area contributed by atoms with Gasteiger partial charge in [-0.2, -0.15) is 0 Å². The van der Waals surface area contributed by atoms with Gasteiger partial charge in [0.15, 0.2) is 5.11 Å². The topological polar surface area (TPSA) is 96.7 Å². The van der Waals surface area contributed by atoms with E-state index in [4.69, 9.17) is 21.4 Å². The number of pyridine rings is 1. The van der Waals surface area contributed by atoms with Crippen molar-refractivity contribution in [1.82, 2.24) is 15.2 Å². The molecule has 0 spiro atoms. The molecule has 2 N–H and O–H groups in total. The molecule has 2 atom stereocenters. The van der Waals surface area contributed by atoms with Crippen molar-refractivity contribution >= 4 is 34.9 Å². The van der Waals surface area contributed by atoms with Crippen LogP contribution < -0.4 is 10.6 Å². The number of rotatable bonds is 8. The molecule has 1 amide bonds. The van der Waals surface area contributed by atoms with Crippen LogP contribution in [0.5, 0.6) is 0 Å². The van der Waals surface area contributed by atoms with Gasteiger partial charge in [0.05, 0.1) is 30.1 Å². The molecular weight excluding hydrogens is 519 g/mol. The Morgan fingerprint density at radius 3 is 2.62 bits per heavy atom. The lowest BCUT2D eigenvalue weighted by Crippen LogP contribution is -2.32. The number of methoxy groups -OCH3 is 1. The third kappa shape index (κ3) is 5.51. The van der Waals surface area contributed by atoms with Crippen LogP contribution in [0.15, 0.2) is 89.5 Å². The summed E-state index contributed by atoms with van der Waals surface area (Å²) in [6, 6.07) is 21.4. The standard InChI is InChI=1S/C29H25FN4O4S/c1-37-28(36)19-9-3-2-8-18(19)23-13-14-24(38-23)27-26(22-12-6-7-16-31-22)33-29(39)34(27)17-15-25(35)32-21-11-5-4-10-20(21)30/h2-14,16,26-27H,15,17H2,1H3,(H,32,35)(H,33,39). The van der Waals surface area contributed by atoms with Gasteiger partial charge in [0, 0.05) is 24.7 Å². The van der Waals surface area contributed by atoms with Crippen molar-refractivity contribution in [1.29, 1.82) is 0 Å². The largest absolute Gasteiger partial charge is 0.465 e. The number of carbonyl (C=O) groups is 2. The second kappa shape index (κ2) is 11.4. The van der Waals surface area contributed by atoms with Gasteiger partial charge in [-0.25, -0.2) is 9.18 Å². The summed E-state index contributed by atoms with van der Waals surface area (Å²) in [5.41, 5.74) is 1.84. The first kappa shape index (κ1) is 26.1. The predicted molar refractivity (Wildman–Crippen MR) is 147 cm³/mol. The molecule has 8 nitrogen and oxygen atoms in total. The fraction of sp³-hybridized carbons (Fsp3) is 0.172. The molecule has 4 aromatic rings. The molecule has 0 radical (unpaired) electrons. The lowest BCUT2D eigenvalue weighted by molar-refractivity contribution is -0.116. The molecule has 39 heavy (non-hydrogen) atoms. The SMILES string of the molecule is COC(=O)c1ccccc1-c1ccc(C2C(c3ccccn3)NC(=S)N2CCC(=O)Nc2ccccc2F)o1. The number of amides is 1. The Morgan fingerprint density at radius 1 is 1.08 bits per heavy atom. The van der Waals surface area contributed by atoms with Crippen LogP contribution in [0.2, 0.25) is 0 Å². The number of anilines is 1. The van der Waals surface area contributed by atoms with Gasteiger partial charge in [0.1, 0.15) is 23.4 Å². The van der Waals surface area contributed by atoms with Crippen LogP contribution in [-0.2, 0) is 9.53 Å². The van der Waals surface area contributed by atoms with Gasteiger partial charge < -0.3 is 24.7 Å². The molecule has 0 bridgehead atoms. The van der Waals surface area contributed by atoms with Crippen LogP contribution >= 0.6 is 12.2 Å². The quantitative estimate of drug-likeness (QED) is 0.229. The van der Waals surface area contributed by atoms with Crippen molar-refractivity contribution in [3.05, 3.63) is 108 Å². The van der Waals surface area contributed by atoms with Crippen LogP contribution in [0.4, 0.5) is 10.1 Å². The minimum Gasteiger partial charge on any atom is -0.465 e. The number of ether oxygens (including phenoxy) is 1. The zero-order chi connectivity index (χ0) is 27.4. The van der Waals surface area contributed by atoms with E-state index in [1.54, 1.807) is 42.6 Å². The maximum Gasteiger partial charge on any atom is 0.338 e. The minimum absolute atomic E-state index is 0.0559. The van der Waals surface area contributed by atoms with Gasteiger partial charge in [-0.3, -0.25) is 9.78 Å². The molecule has 1 aliphatic heterocycles. The number of benzene rings is 2. The normalized spacial score (nSPS) is 16.6. The molecule has 1 aliphatic rings. The molecule has 198 valence electrons. The number of nitrogens with one attached hydrogen (secondary N) is 2. The Bertz CT molecular complexity index is 1510. The molecule has 0 aliphatic carbocycles. The Balaban J connectivity index is 1.43. The maximum atomic E-state index is 14.0. The highest BCUT2D eigenvalue weighted by Gasteiger charge is 2.41. The lowest BCUT2D eigenvalue weighted by Gasteiger charge is -2.25. The molecule has 10 heteroatoms. The van der Waals surface area contributed by atoms with Crippen LogP contribution in [0, 0.1) is 5.82 Å². The summed E-state index contributed by atoms with van der Waals surface area (Å²) in [7, 11) is 1.33. The summed E-state index contributed by atoms with van der Waals surface area (Å²) in [5.74, 6) is -0.271. The van der Waals surface area contributed by atoms with E-state index in [2.05, 4.69) is 15.6 Å². The first-order valence-electron chi connectivity index (χ1n) is 12.3. The predicted octanol–water partition coefficient (Wildman–Crippen LogP) is 5.27. The van der Waals surface area contributed by atoms with E-state index in [0.717, 1.165) is 5.69 Å². The first-order chi connectivity index (χ1) is 19.0. The molecule has 5 rings (SSSR count). The highest BCUT2D eigenvalue weighted by Crippen LogP contribution is 2.41. The minimum atomic E-state index is -0.507. The first-order valence-corrected chi connectivity index (χ1v) is 12.7. The molecule has 3 heterocycles. The van der Waals surface area contributed by atoms with E-state index in [1.165, 1.54) is 19.2 Å². The van der Waals surface area contributed by atoms with Crippen molar-refractivity contribution in [3.8, 4) is 11.3 Å². The Labute approximate surface area is 229 Å². The average molecular weight is 545 g/mol. The zero-order valence-electron chi connectivity index (χ0n) is 21.0. The van der Waals surface area contributed by atoms with E-state index in [-0.39, 0.29) is 30.6 Å². The number of carbonyl (C=O) groups excluding carboxylic acids is 2. The molecule has 1 saturated heterocycles. The van der Waals surface area contributed by atoms with Crippen molar-refractivity contribution in [3.63, 3.8) is 0 Å². The fourth-order valence-electron chi connectivity index (χ4n) is 4.60. The third-order valence-corrected chi connectivity index (χ3v) is 6.79. The second-order valence-electron chi connectivity index (χ2n) is 8.84. The fourth-order valence-corrected chi connectivity index (χ4v) is 4.93. The summed E-state index contributed by atoms with van der Waals surface area (Å²) in [5, 5.41) is 6.35. The average Bonchev–Trinajstić information content (AvgIpc) is 3.57. The number of thiocarbonyl (C=S) groups is 1. The van der Waals surface area contributed by atoms with Crippen LogP contribution in [0.25, 0.3) is 11.3 Å². The van der Waals surface area contributed by atoms with E-state index < -0.39 is 17.8 Å². The number of halogens is 1. The summed E-state index contributed by atoms with van der Waals surface area (Å²) < 4.78 is 25.3. The van der Waals surface area contributed by atoms with Crippen molar-refractivity contribution in [2.75, 3.05) is 19.0 Å². The maximum absolute atomic E-state index is 14.0. The van der Waals surface area contributed by atoms with Gasteiger partial charge in [0.25, 0.3) is 0 Å². The summed E-state index contributed by atoms with van der Waals surface area (Å²) in [6.45, 7) is 0.245. The summed E-state index contributed by atoms with van der Waals surface area (Å²) >= 11 is 5.66. The number of aromatic nitrogens is 1. The van der Waals surface area contributed by atoms with Gasteiger partial charge >= 0.3 is 5.97 Å². The smallest absolute Gasteiger partial charge is 0.338 e. The van der Waals surface area contributed by atoms with Crippen molar-refractivity contribution < 1.29 is 23.1 Å². The van der Waals surface area contributed by atoms with Crippen LogP contribution in [-0.4, -0.2) is 40.5 Å². The van der Waals surface area contributed by atoms with E-state index >= 15 is 0 Å². The molecule has 2 aromatic heterocycles. The Morgan fingerprint density at radius 2 is 1.85 bits per heavy atom. The Hall–Kier alpha value is -4.57. The lowest BCUT2D eigenvalue weighted by atomic mass is 10.0. The van der Waals surface area contributed by atoms with Crippen molar-refractivity contribution in [2.45, 2.75) is 18.5 Å². The summed E-state index contributed by atoms with van der Waals surface area (Å²) in [6.07, 6.45) is 1.75. The molecule has 0 saturated carbocycles. The van der Waals surface area contributed by atoms with E-state index in [0.29, 0.717) is 27.8 Å². The van der Waals surface area contributed by atoms with Gasteiger partial charge in [0.2, 0.25) is 5.91 Å². The highest BCUT2D eigenvalue weighted by atomic mass is 32.1.